The zero-order valence-corrected chi connectivity index (χ0v) is 11.9. The lowest BCUT2D eigenvalue weighted by atomic mass is 9.82. The lowest BCUT2D eigenvalue weighted by Gasteiger charge is -2.35. The van der Waals surface area contributed by atoms with E-state index in [4.69, 9.17) is 28.5 Å². The van der Waals surface area contributed by atoms with Gasteiger partial charge in [0.05, 0.1) is 11.5 Å². The molecule has 1 fully saturated rings. The molecular formula is C14H16Cl2N2. The average molecular weight is 283 g/mol. The van der Waals surface area contributed by atoms with Crippen LogP contribution in [0.3, 0.4) is 0 Å². The summed E-state index contributed by atoms with van der Waals surface area (Å²) in [5.74, 6) is 0. The van der Waals surface area contributed by atoms with Crippen molar-refractivity contribution in [3.63, 3.8) is 0 Å². The van der Waals surface area contributed by atoms with Gasteiger partial charge in [0.2, 0.25) is 0 Å². The van der Waals surface area contributed by atoms with Crippen LogP contribution in [-0.4, -0.2) is 18.0 Å². The number of nitrogens with zero attached hydrogens (tertiary/aromatic N) is 2. The summed E-state index contributed by atoms with van der Waals surface area (Å²) in [5.41, 5.74) is 0.822. The van der Waals surface area contributed by atoms with Crippen LogP contribution in [0.15, 0.2) is 18.2 Å². The fraction of sp³-hybridized carbons (Fsp3) is 0.500. The average Bonchev–Trinajstić information content (AvgIpc) is 2.36. The second-order valence-electron chi connectivity index (χ2n) is 5.15. The molecular weight excluding hydrogens is 267 g/mol. The van der Waals surface area contributed by atoms with Crippen LogP contribution in [-0.2, 0) is 6.54 Å². The monoisotopic (exact) mass is 282 g/mol. The van der Waals surface area contributed by atoms with E-state index in [1.54, 1.807) is 0 Å². The van der Waals surface area contributed by atoms with Crippen LogP contribution in [0.5, 0.6) is 0 Å². The van der Waals surface area contributed by atoms with Crippen molar-refractivity contribution in [2.45, 2.75) is 26.3 Å². The molecule has 1 aliphatic heterocycles. The normalized spacial score (nSPS) is 19.4. The summed E-state index contributed by atoms with van der Waals surface area (Å²) in [4.78, 5) is 2.31. The van der Waals surface area contributed by atoms with Gasteiger partial charge in [0.15, 0.2) is 0 Å². The largest absolute Gasteiger partial charge is 0.299 e. The molecule has 0 aromatic heterocycles. The van der Waals surface area contributed by atoms with Gasteiger partial charge in [-0.15, -0.1) is 0 Å². The molecule has 96 valence electrons. The number of piperidine rings is 1. The number of hydrogen-bond donors (Lipinski definition) is 0. The molecule has 0 unspecified atom stereocenters. The van der Waals surface area contributed by atoms with E-state index in [0.29, 0.717) is 0 Å². The summed E-state index contributed by atoms with van der Waals surface area (Å²) in [6.45, 7) is 4.64. The first kappa shape index (κ1) is 13.7. The second kappa shape index (κ2) is 5.48. The molecule has 0 atom stereocenters. The molecule has 0 saturated carbocycles. The van der Waals surface area contributed by atoms with Gasteiger partial charge < -0.3 is 0 Å². The van der Waals surface area contributed by atoms with Crippen LogP contribution < -0.4 is 0 Å². The maximum atomic E-state index is 9.10. The fourth-order valence-corrected chi connectivity index (χ4v) is 2.74. The van der Waals surface area contributed by atoms with E-state index in [-0.39, 0.29) is 5.41 Å². The maximum absolute atomic E-state index is 9.10. The SMILES string of the molecule is CC1(C#N)CCN(Cc2c(Cl)cccc2Cl)CC1. The third-order valence-electron chi connectivity index (χ3n) is 3.67. The highest BCUT2D eigenvalue weighted by Crippen LogP contribution is 2.32. The third kappa shape index (κ3) is 2.98. The van der Waals surface area contributed by atoms with Crippen LogP contribution >= 0.6 is 23.2 Å². The Morgan fingerprint density at radius 1 is 1.28 bits per heavy atom. The summed E-state index contributed by atoms with van der Waals surface area (Å²) in [7, 11) is 0. The van der Waals surface area contributed by atoms with Gasteiger partial charge in [-0.25, -0.2) is 0 Å². The molecule has 0 radical (unpaired) electrons. The van der Waals surface area contributed by atoms with Gasteiger partial charge in [-0.1, -0.05) is 29.3 Å². The molecule has 18 heavy (non-hydrogen) atoms. The van der Waals surface area contributed by atoms with Crippen molar-refractivity contribution >= 4 is 23.2 Å². The van der Waals surface area contributed by atoms with Crippen LogP contribution in [0, 0.1) is 16.7 Å². The Kier molecular flexibility index (Phi) is 4.17. The molecule has 1 aromatic carbocycles. The molecule has 0 bridgehead atoms. The minimum Gasteiger partial charge on any atom is -0.299 e. The molecule has 1 aliphatic rings. The molecule has 0 spiro atoms. The Morgan fingerprint density at radius 2 is 1.83 bits per heavy atom. The second-order valence-corrected chi connectivity index (χ2v) is 5.96. The Labute approximate surface area is 118 Å². The number of rotatable bonds is 2. The lowest BCUT2D eigenvalue weighted by molar-refractivity contribution is 0.150. The van der Waals surface area contributed by atoms with Crippen LogP contribution in [0.4, 0.5) is 0 Å². The van der Waals surface area contributed by atoms with Crippen molar-refractivity contribution in [1.29, 1.82) is 5.26 Å². The third-order valence-corrected chi connectivity index (χ3v) is 4.38. The molecule has 2 rings (SSSR count). The van der Waals surface area contributed by atoms with Crippen molar-refractivity contribution < 1.29 is 0 Å². The number of benzene rings is 1. The summed E-state index contributed by atoms with van der Waals surface area (Å²) in [5, 5.41) is 10.5. The predicted molar refractivity (Wildman–Crippen MR) is 74.7 cm³/mol. The van der Waals surface area contributed by atoms with E-state index in [9.17, 15) is 0 Å². The highest BCUT2D eigenvalue weighted by atomic mass is 35.5. The van der Waals surface area contributed by atoms with Crippen molar-refractivity contribution in [2.24, 2.45) is 5.41 Å². The summed E-state index contributed by atoms with van der Waals surface area (Å²) < 4.78 is 0. The highest BCUT2D eigenvalue weighted by Gasteiger charge is 2.30. The lowest BCUT2D eigenvalue weighted by Crippen LogP contribution is -2.37. The smallest absolute Gasteiger partial charge is 0.0687 e. The maximum Gasteiger partial charge on any atom is 0.0687 e. The molecule has 0 N–H and O–H groups in total. The van der Waals surface area contributed by atoms with E-state index in [2.05, 4.69) is 11.0 Å². The molecule has 1 saturated heterocycles. The van der Waals surface area contributed by atoms with E-state index >= 15 is 0 Å². The van der Waals surface area contributed by atoms with E-state index < -0.39 is 0 Å². The van der Waals surface area contributed by atoms with E-state index in [0.717, 1.165) is 48.1 Å². The van der Waals surface area contributed by atoms with E-state index in [1.165, 1.54) is 0 Å². The van der Waals surface area contributed by atoms with Crippen LogP contribution in [0.2, 0.25) is 10.0 Å². The fourth-order valence-electron chi connectivity index (χ4n) is 2.22. The zero-order valence-electron chi connectivity index (χ0n) is 10.4. The quantitative estimate of drug-likeness (QED) is 0.816. The molecule has 1 heterocycles. The number of halogens is 2. The van der Waals surface area contributed by atoms with Gasteiger partial charge in [0.1, 0.15) is 0 Å². The molecule has 4 heteroatoms. The Morgan fingerprint density at radius 3 is 2.33 bits per heavy atom. The van der Waals surface area contributed by atoms with Crippen molar-refractivity contribution in [2.75, 3.05) is 13.1 Å². The summed E-state index contributed by atoms with van der Waals surface area (Å²) in [6, 6.07) is 8.00. The van der Waals surface area contributed by atoms with Gasteiger partial charge in [-0.3, -0.25) is 4.90 Å². The first-order chi connectivity index (χ1) is 8.54. The standard InChI is InChI=1S/C14H16Cl2N2/c1-14(10-17)5-7-18(8-6-14)9-11-12(15)3-2-4-13(11)16/h2-4H,5-9H2,1H3. The highest BCUT2D eigenvalue weighted by molar-refractivity contribution is 6.35. The van der Waals surface area contributed by atoms with Crippen molar-refractivity contribution in [3.8, 4) is 6.07 Å². The minimum atomic E-state index is -0.166. The van der Waals surface area contributed by atoms with Gasteiger partial charge in [-0.05, 0) is 45.0 Å². The van der Waals surface area contributed by atoms with E-state index in [1.807, 2.05) is 25.1 Å². The number of hydrogen-bond acceptors (Lipinski definition) is 2. The van der Waals surface area contributed by atoms with Gasteiger partial charge in [0, 0.05) is 22.2 Å². The number of nitriles is 1. The predicted octanol–water partition coefficient (Wildman–Crippen LogP) is 4.12. The first-order valence-corrected chi connectivity index (χ1v) is 6.86. The topological polar surface area (TPSA) is 27.0 Å². The summed E-state index contributed by atoms with van der Waals surface area (Å²) >= 11 is 12.3. The van der Waals surface area contributed by atoms with Crippen LogP contribution in [0.1, 0.15) is 25.3 Å². The Hall–Kier alpha value is -0.750. The van der Waals surface area contributed by atoms with Gasteiger partial charge in [0.25, 0.3) is 0 Å². The molecule has 0 amide bonds. The Bertz CT molecular complexity index is 451. The molecule has 0 aliphatic carbocycles. The Balaban J connectivity index is 2.03. The summed E-state index contributed by atoms with van der Waals surface area (Å²) in [6.07, 6.45) is 1.82. The molecule has 1 aromatic rings. The zero-order chi connectivity index (χ0) is 13.2. The number of likely N-dealkylation sites (tertiary alicyclic amines) is 1. The van der Waals surface area contributed by atoms with Crippen molar-refractivity contribution in [3.05, 3.63) is 33.8 Å². The van der Waals surface area contributed by atoms with Gasteiger partial charge >= 0.3 is 0 Å². The van der Waals surface area contributed by atoms with Gasteiger partial charge in [-0.2, -0.15) is 5.26 Å². The van der Waals surface area contributed by atoms with Crippen LogP contribution in [0.25, 0.3) is 0 Å². The first-order valence-electron chi connectivity index (χ1n) is 6.10. The minimum absolute atomic E-state index is 0.166. The van der Waals surface area contributed by atoms with Crippen molar-refractivity contribution in [1.82, 2.24) is 4.90 Å². The molecule has 2 nitrogen and oxygen atoms in total.